The van der Waals surface area contributed by atoms with E-state index in [2.05, 4.69) is 31.5 Å². The molecule has 0 saturated carbocycles. The van der Waals surface area contributed by atoms with Gasteiger partial charge in [0.15, 0.2) is 0 Å². The molecule has 0 fully saturated rings. The summed E-state index contributed by atoms with van der Waals surface area (Å²) in [7, 11) is 1.21. The molecular weight excluding hydrogens is 490 g/mol. The zero-order valence-electron chi connectivity index (χ0n) is 17.5. The smallest absolute Gasteiger partial charge is 0.354 e. The minimum atomic E-state index is -0.729. The lowest BCUT2D eigenvalue weighted by Crippen LogP contribution is -2.28. The van der Waals surface area contributed by atoms with Crippen molar-refractivity contribution < 1.29 is 24.2 Å². The van der Waals surface area contributed by atoms with Gasteiger partial charge in [0.25, 0.3) is 11.8 Å². The van der Waals surface area contributed by atoms with E-state index in [0.717, 1.165) is 5.56 Å². The molecule has 1 aromatic heterocycles. The van der Waals surface area contributed by atoms with Gasteiger partial charge in [0.1, 0.15) is 11.4 Å². The number of pyridine rings is 1. The molecular formula is C24H20BrN3O5. The Bertz CT molecular complexity index is 1210. The molecule has 0 aliphatic rings. The number of rotatable bonds is 7. The molecule has 0 aliphatic heterocycles. The molecule has 2 aromatic carbocycles. The topological polar surface area (TPSA) is 118 Å². The molecule has 0 spiro atoms. The Balaban J connectivity index is 1.72. The van der Waals surface area contributed by atoms with E-state index in [9.17, 15) is 19.5 Å². The van der Waals surface area contributed by atoms with E-state index in [-0.39, 0.29) is 29.5 Å². The van der Waals surface area contributed by atoms with Crippen molar-refractivity contribution in [1.29, 1.82) is 0 Å². The first-order chi connectivity index (χ1) is 15.9. The number of aromatic nitrogens is 1. The number of hydrogen-bond donors (Lipinski definition) is 3. The molecule has 3 rings (SSSR count). The van der Waals surface area contributed by atoms with Crippen LogP contribution in [0.4, 0.5) is 0 Å². The number of methoxy groups -OCH3 is 1. The zero-order chi connectivity index (χ0) is 23.8. The molecule has 3 aromatic rings. The largest absolute Gasteiger partial charge is 0.508 e. The second-order valence-electron chi connectivity index (χ2n) is 6.81. The van der Waals surface area contributed by atoms with Gasteiger partial charge in [0, 0.05) is 22.8 Å². The molecule has 0 saturated heterocycles. The monoisotopic (exact) mass is 509 g/mol. The van der Waals surface area contributed by atoms with Crippen molar-refractivity contribution in [3.63, 3.8) is 0 Å². The van der Waals surface area contributed by atoms with Crippen LogP contribution in [-0.2, 0) is 16.1 Å². The Kier molecular flexibility index (Phi) is 7.93. The third kappa shape index (κ3) is 6.50. The highest BCUT2D eigenvalue weighted by Crippen LogP contribution is 2.20. The van der Waals surface area contributed by atoms with Gasteiger partial charge in [-0.05, 0) is 70.0 Å². The zero-order valence-corrected chi connectivity index (χ0v) is 19.1. The van der Waals surface area contributed by atoms with Gasteiger partial charge in [-0.1, -0.05) is 18.2 Å². The van der Waals surface area contributed by atoms with Gasteiger partial charge >= 0.3 is 5.97 Å². The van der Waals surface area contributed by atoms with Crippen LogP contribution in [0.2, 0.25) is 0 Å². The van der Waals surface area contributed by atoms with Crippen LogP contribution in [0.15, 0.2) is 77.0 Å². The van der Waals surface area contributed by atoms with Crippen LogP contribution in [0.25, 0.3) is 6.08 Å². The maximum atomic E-state index is 12.8. The summed E-state index contributed by atoms with van der Waals surface area (Å²) in [6, 6.07) is 16.2. The quantitative estimate of drug-likeness (QED) is 0.331. The van der Waals surface area contributed by atoms with Gasteiger partial charge in [-0.15, -0.1) is 0 Å². The summed E-state index contributed by atoms with van der Waals surface area (Å²) in [4.78, 5) is 41.5. The standard InChI is InChI=1S/C24H20BrN3O5/c1-33-24(32)21(13-17-6-2-3-10-26-17)28-23(31)19-9-8-16(12-20(19)25)22(30)27-14-15-5-4-7-18(29)11-15/h2-13,29H,14H2,1H3,(H,27,30)(H,28,31)/b21-13+. The van der Waals surface area contributed by atoms with Gasteiger partial charge in [-0.3, -0.25) is 14.6 Å². The van der Waals surface area contributed by atoms with Crippen LogP contribution in [0.5, 0.6) is 5.75 Å². The summed E-state index contributed by atoms with van der Waals surface area (Å²) in [5.74, 6) is -1.53. The number of carbonyl (C=O) groups excluding carboxylic acids is 3. The van der Waals surface area contributed by atoms with Crippen molar-refractivity contribution in [3.8, 4) is 5.75 Å². The number of hydrogen-bond acceptors (Lipinski definition) is 6. The highest BCUT2D eigenvalue weighted by atomic mass is 79.9. The number of amides is 2. The lowest BCUT2D eigenvalue weighted by Gasteiger charge is -2.11. The van der Waals surface area contributed by atoms with Crippen molar-refractivity contribution in [1.82, 2.24) is 15.6 Å². The Morgan fingerprint density at radius 3 is 2.55 bits per heavy atom. The van der Waals surface area contributed by atoms with E-state index in [1.807, 2.05) is 0 Å². The molecule has 9 heteroatoms. The Morgan fingerprint density at radius 1 is 1.06 bits per heavy atom. The van der Waals surface area contributed by atoms with Crippen molar-refractivity contribution in [2.24, 2.45) is 0 Å². The van der Waals surface area contributed by atoms with Crippen LogP contribution >= 0.6 is 15.9 Å². The number of benzene rings is 2. The molecule has 0 atom stereocenters. The number of esters is 1. The number of phenolic OH excluding ortho intramolecular Hbond substituents is 1. The molecule has 0 aliphatic carbocycles. The fourth-order valence-corrected chi connectivity index (χ4v) is 3.41. The molecule has 0 unspecified atom stereocenters. The number of halogens is 1. The predicted octanol–water partition coefficient (Wildman–Crippen LogP) is 3.42. The fraction of sp³-hybridized carbons (Fsp3) is 0.0833. The van der Waals surface area contributed by atoms with Crippen molar-refractivity contribution in [2.75, 3.05) is 7.11 Å². The third-order valence-corrected chi connectivity index (χ3v) is 5.13. The molecule has 3 N–H and O–H groups in total. The maximum absolute atomic E-state index is 12.8. The van der Waals surface area contributed by atoms with Crippen molar-refractivity contribution in [3.05, 3.63) is 99.4 Å². The Labute approximate surface area is 198 Å². The molecule has 0 radical (unpaired) electrons. The number of nitrogens with one attached hydrogen (secondary N) is 2. The van der Waals surface area contributed by atoms with Gasteiger partial charge in [0.05, 0.1) is 18.4 Å². The highest BCUT2D eigenvalue weighted by molar-refractivity contribution is 9.10. The molecule has 168 valence electrons. The van der Waals surface area contributed by atoms with Crippen LogP contribution in [0.3, 0.4) is 0 Å². The minimum Gasteiger partial charge on any atom is -0.508 e. The average molecular weight is 510 g/mol. The lowest BCUT2D eigenvalue weighted by molar-refractivity contribution is -0.136. The first-order valence-corrected chi connectivity index (χ1v) is 10.5. The highest BCUT2D eigenvalue weighted by Gasteiger charge is 2.18. The summed E-state index contributed by atoms with van der Waals surface area (Å²) in [6.45, 7) is 0.230. The van der Waals surface area contributed by atoms with Crippen LogP contribution < -0.4 is 10.6 Å². The van der Waals surface area contributed by atoms with Crippen molar-refractivity contribution in [2.45, 2.75) is 6.54 Å². The van der Waals surface area contributed by atoms with Crippen LogP contribution in [0.1, 0.15) is 32.0 Å². The second-order valence-corrected chi connectivity index (χ2v) is 7.66. The van der Waals surface area contributed by atoms with E-state index >= 15 is 0 Å². The average Bonchev–Trinajstić information content (AvgIpc) is 2.82. The summed E-state index contributed by atoms with van der Waals surface area (Å²) < 4.78 is 5.11. The predicted molar refractivity (Wildman–Crippen MR) is 125 cm³/mol. The minimum absolute atomic E-state index is 0.0824. The van der Waals surface area contributed by atoms with E-state index in [0.29, 0.717) is 15.7 Å². The van der Waals surface area contributed by atoms with Gasteiger partial charge < -0.3 is 20.5 Å². The van der Waals surface area contributed by atoms with E-state index in [1.165, 1.54) is 31.4 Å². The second kappa shape index (κ2) is 11.1. The first kappa shape index (κ1) is 23.7. The summed E-state index contributed by atoms with van der Waals surface area (Å²) in [5, 5.41) is 14.8. The molecule has 0 bridgehead atoms. The van der Waals surface area contributed by atoms with E-state index in [4.69, 9.17) is 4.74 Å². The molecule has 33 heavy (non-hydrogen) atoms. The fourth-order valence-electron chi connectivity index (χ4n) is 2.85. The first-order valence-electron chi connectivity index (χ1n) is 9.75. The summed E-state index contributed by atoms with van der Waals surface area (Å²) >= 11 is 3.31. The summed E-state index contributed by atoms with van der Waals surface area (Å²) in [6.07, 6.45) is 2.96. The van der Waals surface area contributed by atoms with E-state index < -0.39 is 11.9 Å². The molecule has 2 amide bonds. The summed E-state index contributed by atoms with van der Waals surface area (Å²) in [5.41, 5.74) is 1.68. The number of nitrogens with zero attached hydrogens (tertiary/aromatic N) is 1. The van der Waals surface area contributed by atoms with Crippen LogP contribution in [-0.4, -0.2) is 35.0 Å². The number of carbonyl (C=O) groups is 3. The Hall–Kier alpha value is -3.98. The van der Waals surface area contributed by atoms with E-state index in [1.54, 1.807) is 48.7 Å². The maximum Gasteiger partial charge on any atom is 0.354 e. The Morgan fingerprint density at radius 2 is 1.88 bits per heavy atom. The van der Waals surface area contributed by atoms with Gasteiger partial charge in [-0.25, -0.2) is 4.79 Å². The number of ether oxygens (including phenoxy) is 1. The third-order valence-electron chi connectivity index (χ3n) is 4.47. The molecule has 1 heterocycles. The number of aromatic hydroxyl groups is 1. The van der Waals surface area contributed by atoms with Crippen molar-refractivity contribution >= 4 is 39.8 Å². The van der Waals surface area contributed by atoms with Gasteiger partial charge in [0.2, 0.25) is 0 Å². The number of phenols is 1. The van der Waals surface area contributed by atoms with Gasteiger partial charge in [-0.2, -0.15) is 0 Å². The molecule has 8 nitrogen and oxygen atoms in total. The SMILES string of the molecule is COC(=O)/C(=C\c1ccccn1)NC(=O)c1ccc(C(=O)NCc2cccc(O)c2)cc1Br. The normalized spacial score (nSPS) is 10.9. The lowest BCUT2D eigenvalue weighted by atomic mass is 10.1. The van der Waals surface area contributed by atoms with Crippen LogP contribution in [0, 0.1) is 0 Å².